The first kappa shape index (κ1) is 20.5. The molecule has 1 aromatic rings. The summed E-state index contributed by atoms with van der Waals surface area (Å²) in [7, 11) is 0. The van der Waals surface area contributed by atoms with Gasteiger partial charge in [-0.1, -0.05) is 30.7 Å². The Morgan fingerprint density at radius 1 is 1.16 bits per heavy atom. The number of nitrogens with zero attached hydrogens (tertiary/aromatic N) is 2. The van der Waals surface area contributed by atoms with Crippen LogP contribution >= 0.6 is 24.0 Å². The van der Waals surface area contributed by atoms with Gasteiger partial charge in [0.15, 0.2) is 5.96 Å². The van der Waals surface area contributed by atoms with Crippen molar-refractivity contribution in [3.63, 3.8) is 0 Å². The van der Waals surface area contributed by atoms with Crippen LogP contribution in [0.2, 0.25) is 0 Å². The predicted molar refractivity (Wildman–Crippen MR) is 114 cm³/mol. The van der Waals surface area contributed by atoms with Crippen LogP contribution in [0.4, 0.5) is 0 Å². The molecule has 3 rings (SSSR count). The number of guanidine groups is 1. The Hall–Kier alpha value is -0.820. The molecule has 1 N–H and O–H groups in total. The second-order valence-electron chi connectivity index (χ2n) is 7.15. The van der Waals surface area contributed by atoms with Crippen LogP contribution in [0, 0.1) is 5.41 Å². The summed E-state index contributed by atoms with van der Waals surface area (Å²) in [6.45, 7) is 9.63. The third-order valence-electron chi connectivity index (χ3n) is 5.39. The van der Waals surface area contributed by atoms with E-state index in [1.165, 1.54) is 43.4 Å². The molecule has 0 aromatic heterocycles. The standard InChI is InChI=1S/C20H31N3O.HI/c1-3-21-19(23-13-12-20(16-23)10-5-11-20)22-14-17-6-8-18(9-7-17)15-24-4-2;/h6-9H,3-5,10-16H2,1-2H3,(H,21,22);1H. The molecule has 1 aliphatic heterocycles. The second kappa shape index (κ2) is 9.76. The summed E-state index contributed by atoms with van der Waals surface area (Å²) in [6, 6.07) is 8.62. The van der Waals surface area contributed by atoms with E-state index in [9.17, 15) is 0 Å². The Bertz CT molecular complexity index is 555. The zero-order valence-electron chi connectivity index (χ0n) is 15.6. The van der Waals surface area contributed by atoms with Crippen LogP contribution in [0.25, 0.3) is 0 Å². The summed E-state index contributed by atoms with van der Waals surface area (Å²) in [4.78, 5) is 7.35. The number of hydrogen-bond donors (Lipinski definition) is 1. The van der Waals surface area contributed by atoms with Crippen LogP contribution in [0.1, 0.15) is 50.7 Å². The second-order valence-corrected chi connectivity index (χ2v) is 7.15. The molecule has 2 fully saturated rings. The molecule has 1 spiro atoms. The number of likely N-dealkylation sites (tertiary alicyclic amines) is 1. The number of nitrogens with one attached hydrogen (secondary N) is 1. The van der Waals surface area contributed by atoms with Gasteiger partial charge in [-0.25, -0.2) is 4.99 Å². The molecular weight excluding hydrogens is 425 g/mol. The van der Waals surface area contributed by atoms with Crippen molar-refractivity contribution in [2.45, 2.75) is 52.7 Å². The molecule has 140 valence electrons. The molecule has 0 bridgehead atoms. The van der Waals surface area contributed by atoms with E-state index in [2.05, 4.69) is 41.4 Å². The quantitative estimate of drug-likeness (QED) is 0.396. The maximum atomic E-state index is 5.45. The van der Waals surface area contributed by atoms with Gasteiger partial charge in [-0.3, -0.25) is 0 Å². The van der Waals surface area contributed by atoms with E-state index in [0.717, 1.165) is 32.2 Å². The van der Waals surface area contributed by atoms with Crippen molar-refractivity contribution >= 4 is 29.9 Å². The van der Waals surface area contributed by atoms with Crippen LogP contribution in [-0.4, -0.2) is 37.1 Å². The Morgan fingerprint density at radius 2 is 1.88 bits per heavy atom. The number of hydrogen-bond acceptors (Lipinski definition) is 2. The molecule has 1 saturated heterocycles. The molecule has 25 heavy (non-hydrogen) atoms. The highest BCUT2D eigenvalue weighted by Gasteiger charge is 2.43. The fourth-order valence-electron chi connectivity index (χ4n) is 3.75. The van der Waals surface area contributed by atoms with E-state index < -0.39 is 0 Å². The van der Waals surface area contributed by atoms with Crippen molar-refractivity contribution in [3.8, 4) is 0 Å². The Balaban J connectivity index is 0.00000225. The average Bonchev–Trinajstić information content (AvgIpc) is 3.03. The molecule has 1 heterocycles. The Labute approximate surface area is 169 Å². The average molecular weight is 457 g/mol. The number of rotatable bonds is 6. The summed E-state index contributed by atoms with van der Waals surface area (Å²) < 4.78 is 5.45. The van der Waals surface area contributed by atoms with Gasteiger partial charge in [0.2, 0.25) is 0 Å². The summed E-state index contributed by atoms with van der Waals surface area (Å²) in [6.07, 6.45) is 5.56. The van der Waals surface area contributed by atoms with Gasteiger partial charge in [-0.15, -0.1) is 24.0 Å². The predicted octanol–water partition coefficient (Wildman–Crippen LogP) is 4.18. The van der Waals surface area contributed by atoms with E-state index in [-0.39, 0.29) is 24.0 Å². The van der Waals surface area contributed by atoms with Gasteiger partial charge in [-0.2, -0.15) is 0 Å². The van der Waals surface area contributed by atoms with Crippen LogP contribution in [0.5, 0.6) is 0 Å². The van der Waals surface area contributed by atoms with E-state index in [1.54, 1.807) is 0 Å². The zero-order chi connectivity index (χ0) is 16.8. The zero-order valence-corrected chi connectivity index (χ0v) is 17.9. The van der Waals surface area contributed by atoms with Crippen molar-refractivity contribution in [1.29, 1.82) is 0 Å². The highest BCUT2D eigenvalue weighted by molar-refractivity contribution is 14.0. The maximum Gasteiger partial charge on any atom is 0.194 e. The maximum absolute atomic E-state index is 5.45. The van der Waals surface area contributed by atoms with E-state index >= 15 is 0 Å². The van der Waals surface area contributed by atoms with Crippen LogP contribution in [-0.2, 0) is 17.9 Å². The largest absolute Gasteiger partial charge is 0.377 e. The van der Waals surface area contributed by atoms with Gasteiger partial charge in [0.1, 0.15) is 0 Å². The van der Waals surface area contributed by atoms with Crippen LogP contribution < -0.4 is 5.32 Å². The molecular formula is C20H32IN3O. The normalized spacial score (nSPS) is 18.8. The van der Waals surface area contributed by atoms with E-state index in [0.29, 0.717) is 12.0 Å². The molecule has 0 amide bonds. The Morgan fingerprint density at radius 3 is 2.44 bits per heavy atom. The van der Waals surface area contributed by atoms with Crippen molar-refractivity contribution in [3.05, 3.63) is 35.4 Å². The minimum Gasteiger partial charge on any atom is -0.377 e. The van der Waals surface area contributed by atoms with E-state index in [4.69, 9.17) is 9.73 Å². The van der Waals surface area contributed by atoms with Crippen LogP contribution in [0.15, 0.2) is 29.3 Å². The van der Waals surface area contributed by atoms with Gasteiger partial charge in [0.05, 0.1) is 13.2 Å². The van der Waals surface area contributed by atoms with Crippen molar-refractivity contribution in [2.24, 2.45) is 10.4 Å². The number of aliphatic imine (C=N–C) groups is 1. The Kier molecular flexibility index (Phi) is 8.00. The molecule has 0 atom stereocenters. The molecule has 0 unspecified atom stereocenters. The molecule has 1 saturated carbocycles. The molecule has 4 nitrogen and oxygen atoms in total. The van der Waals surface area contributed by atoms with Gasteiger partial charge < -0.3 is 15.0 Å². The summed E-state index contributed by atoms with van der Waals surface area (Å²) >= 11 is 0. The lowest BCUT2D eigenvalue weighted by Crippen LogP contribution is -2.42. The van der Waals surface area contributed by atoms with Crippen molar-refractivity contribution < 1.29 is 4.74 Å². The molecule has 0 radical (unpaired) electrons. The molecule has 2 aliphatic rings. The monoisotopic (exact) mass is 457 g/mol. The first-order chi connectivity index (χ1) is 11.7. The topological polar surface area (TPSA) is 36.9 Å². The first-order valence-corrected chi connectivity index (χ1v) is 9.43. The highest BCUT2D eigenvalue weighted by atomic mass is 127. The van der Waals surface area contributed by atoms with Crippen LogP contribution in [0.3, 0.4) is 0 Å². The summed E-state index contributed by atoms with van der Waals surface area (Å²) in [5.74, 6) is 1.08. The van der Waals surface area contributed by atoms with Gasteiger partial charge in [0, 0.05) is 26.2 Å². The minimum absolute atomic E-state index is 0. The molecule has 1 aromatic carbocycles. The smallest absolute Gasteiger partial charge is 0.194 e. The first-order valence-electron chi connectivity index (χ1n) is 9.43. The fourth-order valence-corrected chi connectivity index (χ4v) is 3.75. The lowest BCUT2D eigenvalue weighted by Gasteiger charge is -2.38. The van der Waals surface area contributed by atoms with Gasteiger partial charge in [0.25, 0.3) is 0 Å². The SMILES string of the molecule is CCNC(=NCc1ccc(COCC)cc1)N1CCC2(CCC2)C1.I. The summed E-state index contributed by atoms with van der Waals surface area (Å²) in [5.41, 5.74) is 3.09. The third-order valence-corrected chi connectivity index (χ3v) is 5.39. The third kappa shape index (κ3) is 5.33. The van der Waals surface area contributed by atoms with E-state index in [1.807, 2.05) is 6.92 Å². The molecule has 1 aliphatic carbocycles. The number of halogens is 1. The highest BCUT2D eigenvalue weighted by Crippen LogP contribution is 2.47. The summed E-state index contributed by atoms with van der Waals surface area (Å²) in [5, 5.41) is 3.48. The number of ether oxygens (including phenoxy) is 1. The minimum atomic E-state index is 0. The lowest BCUT2D eigenvalue weighted by molar-refractivity contribution is 0.134. The van der Waals surface area contributed by atoms with Gasteiger partial charge in [-0.05, 0) is 49.7 Å². The van der Waals surface area contributed by atoms with Gasteiger partial charge >= 0.3 is 0 Å². The number of benzene rings is 1. The fraction of sp³-hybridized carbons (Fsp3) is 0.650. The molecule has 5 heteroatoms. The lowest BCUT2D eigenvalue weighted by atomic mass is 9.68. The van der Waals surface area contributed by atoms with Crippen molar-refractivity contribution in [1.82, 2.24) is 10.2 Å². The van der Waals surface area contributed by atoms with Crippen molar-refractivity contribution in [2.75, 3.05) is 26.2 Å².